The normalized spacial score (nSPS) is 12.9. The average Bonchev–Trinajstić information content (AvgIpc) is 2.85. The number of nitrogens with zero attached hydrogens (tertiary/aromatic N) is 4. The largest absolute Gasteiger partial charge is 0.329 e. The molecule has 0 amide bonds. The van der Waals surface area contributed by atoms with Crippen LogP contribution in [0.5, 0.6) is 0 Å². The van der Waals surface area contributed by atoms with Gasteiger partial charge in [-0.25, -0.2) is 4.68 Å². The van der Waals surface area contributed by atoms with Gasteiger partial charge in [-0.2, -0.15) is 0 Å². The minimum absolute atomic E-state index is 0.141. The first kappa shape index (κ1) is 11.8. The predicted molar refractivity (Wildman–Crippen MR) is 65.8 cm³/mol. The third-order valence-electron chi connectivity index (χ3n) is 1.95. The summed E-state index contributed by atoms with van der Waals surface area (Å²) in [4.78, 5) is 1.14. The number of tetrazole rings is 1. The number of hydrogen-bond donors (Lipinski definition) is 1. The molecule has 2 aromatic rings. The van der Waals surface area contributed by atoms with Gasteiger partial charge in [-0.05, 0) is 22.6 Å². The van der Waals surface area contributed by atoms with E-state index in [1.165, 1.54) is 11.3 Å². The molecule has 2 heterocycles. The predicted octanol–water partition coefficient (Wildman–Crippen LogP) is 1.72. The first-order valence-electron chi connectivity index (χ1n) is 4.55. The molecule has 0 fully saturated rings. The van der Waals surface area contributed by atoms with E-state index in [1.807, 2.05) is 12.1 Å². The van der Waals surface area contributed by atoms with E-state index in [9.17, 15) is 0 Å². The summed E-state index contributed by atoms with van der Waals surface area (Å²) >= 11 is 8.97. The molecule has 5 nitrogen and oxygen atoms in total. The smallest absolute Gasteiger partial charge is 0.209 e. The summed E-state index contributed by atoms with van der Waals surface area (Å²) in [6.07, 6.45) is 0. The van der Waals surface area contributed by atoms with E-state index in [0.717, 1.165) is 14.4 Å². The van der Waals surface area contributed by atoms with Crippen LogP contribution in [-0.2, 0) is 7.05 Å². The van der Waals surface area contributed by atoms with E-state index < -0.39 is 0 Å². The second-order valence-corrected chi connectivity index (χ2v) is 5.99. The van der Waals surface area contributed by atoms with Crippen LogP contribution in [0.2, 0.25) is 4.34 Å². The highest BCUT2D eigenvalue weighted by Gasteiger charge is 2.16. The number of hydrogen-bond acceptors (Lipinski definition) is 6. The van der Waals surface area contributed by atoms with Gasteiger partial charge in [0.1, 0.15) is 0 Å². The van der Waals surface area contributed by atoms with Crippen molar-refractivity contribution in [2.75, 3.05) is 6.54 Å². The fourth-order valence-corrected chi connectivity index (χ4v) is 3.33. The zero-order valence-electron chi connectivity index (χ0n) is 8.50. The van der Waals surface area contributed by atoms with Crippen LogP contribution in [0.4, 0.5) is 0 Å². The average molecular weight is 276 g/mol. The third kappa shape index (κ3) is 2.54. The molecule has 16 heavy (non-hydrogen) atoms. The lowest BCUT2D eigenvalue weighted by atomic mass is 10.3. The van der Waals surface area contributed by atoms with Crippen molar-refractivity contribution in [1.29, 1.82) is 0 Å². The SMILES string of the molecule is Cn1nnnc1SC(CN)c1ccc(Cl)s1. The first-order valence-corrected chi connectivity index (χ1v) is 6.62. The van der Waals surface area contributed by atoms with Crippen LogP contribution < -0.4 is 5.73 Å². The van der Waals surface area contributed by atoms with Crippen molar-refractivity contribution in [2.45, 2.75) is 10.4 Å². The number of nitrogens with two attached hydrogens (primary N) is 1. The highest BCUT2D eigenvalue weighted by molar-refractivity contribution is 7.99. The standard InChI is InChI=1S/C8H10ClN5S2/c1-14-8(11-12-13-14)16-6(4-10)5-2-3-7(9)15-5/h2-3,6H,4,10H2,1H3. The van der Waals surface area contributed by atoms with Gasteiger partial charge in [0.15, 0.2) is 0 Å². The zero-order valence-corrected chi connectivity index (χ0v) is 10.9. The van der Waals surface area contributed by atoms with Crippen molar-refractivity contribution in [2.24, 2.45) is 12.8 Å². The third-order valence-corrected chi connectivity index (χ3v) is 4.74. The molecule has 0 bridgehead atoms. The molecular weight excluding hydrogens is 266 g/mol. The quantitative estimate of drug-likeness (QED) is 0.861. The highest BCUT2D eigenvalue weighted by atomic mass is 35.5. The molecule has 0 radical (unpaired) electrons. The Labute approximate surface area is 106 Å². The lowest BCUT2D eigenvalue weighted by molar-refractivity contribution is 0.663. The molecule has 1 unspecified atom stereocenters. The Morgan fingerprint density at radius 2 is 2.44 bits per heavy atom. The number of thioether (sulfide) groups is 1. The second-order valence-electron chi connectivity index (χ2n) is 3.07. The molecule has 2 rings (SSSR count). The van der Waals surface area contributed by atoms with Crippen molar-refractivity contribution in [3.63, 3.8) is 0 Å². The van der Waals surface area contributed by atoms with E-state index >= 15 is 0 Å². The highest BCUT2D eigenvalue weighted by Crippen LogP contribution is 2.37. The molecule has 1 atom stereocenters. The van der Waals surface area contributed by atoms with Crippen LogP contribution in [0, 0.1) is 0 Å². The summed E-state index contributed by atoms with van der Waals surface area (Å²) in [5, 5.41) is 12.2. The summed E-state index contributed by atoms with van der Waals surface area (Å²) in [7, 11) is 1.80. The van der Waals surface area contributed by atoms with Crippen molar-refractivity contribution >= 4 is 34.7 Å². The van der Waals surface area contributed by atoms with Gasteiger partial charge in [0.05, 0.1) is 9.59 Å². The van der Waals surface area contributed by atoms with E-state index in [2.05, 4.69) is 15.5 Å². The van der Waals surface area contributed by atoms with Crippen molar-refractivity contribution in [3.8, 4) is 0 Å². The minimum Gasteiger partial charge on any atom is -0.329 e. The van der Waals surface area contributed by atoms with Crippen molar-refractivity contribution in [1.82, 2.24) is 20.2 Å². The van der Waals surface area contributed by atoms with Crippen LogP contribution in [0.1, 0.15) is 10.1 Å². The molecule has 0 aromatic carbocycles. The topological polar surface area (TPSA) is 69.6 Å². The molecule has 0 saturated carbocycles. The Bertz CT molecular complexity index is 468. The molecule has 8 heteroatoms. The summed E-state index contributed by atoms with van der Waals surface area (Å²) in [5.41, 5.74) is 5.75. The Hall–Kier alpha value is -0.630. The molecule has 86 valence electrons. The van der Waals surface area contributed by atoms with Gasteiger partial charge in [-0.15, -0.1) is 16.4 Å². The van der Waals surface area contributed by atoms with Gasteiger partial charge in [-0.1, -0.05) is 23.4 Å². The number of rotatable bonds is 4. The maximum atomic E-state index is 5.90. The lowest BCUT2D eigenvalue weighted by Crippen LogP contribution is -2.09. The van der Waals surface area contributed by atoms with Gasteiger partial charge in [-0.3, -0.25) is 0 Å². The molecule has 0 aliphatic heterocycles. The number of aromatic nitrogens is 4. The van der Waals surface area contributed by atoms with Crippen LogP contribution in [0.25, 0.3) is 0 Å². The minimum atomic E-state index is 0.141. The van der Waals surface area contributed by atoms with E-state index in [0.29, 0.717) is 6.54 Å². The van der Waals surface area contributed by atoms with Crippen LogP contribution in [-0.4, -0.2) is 26.8 Å². The van der Waals surface area contributed by atoms with E-state index in [1.54, 1.807) is 23.5 Å². The molecule has 0 aliphatic rings. The van der Waals surface area contributed by atoms with E-state index in [-0.39, 0.29) is 5.25 Å². The Balaban J connectivity index is 2.15. The van der Waals surface area contributed by atoms with Crippen molar-refractivity contribution in [3.05, 3.63) is 21.3 Å². The van der Waals surface area contributed by atoms with Gasteiger partial charge in [0, 0.05) is 18.5 Å². The summed E-state index contributed by atoms with van der Waals surface area (Å²) < 4.78 is 2.40. The fourth-order valence-electron chi connectivity index (χ4n) is 1.17. The van der Waals surface area contributed by atoms with E-state index in [4.69, 9.17) is 17.3 Å². The Morgan fingerprint density at radius 1 is 1.62 bits per heavy atom. The van der Waals surface area contributed by atoms with Gasteiger partial charge in [0.25, 0.3) is 0 Å². The molecule has 0 saturated heterocycles. The Kier molecular flexibility index (Phi) is 3.80. The number of halogens is 1. The monoisotopic (exact) mass is 275 g/mol. The summed E-state index contributed by atoms with van der Waals surface area (Å²) in [6, 6.07) is 3.86. The van der Waals surface area contributed by atoms with Gasteiger partial charge in [0.2, 0.25) is 5.16 Å². The van der Waals surface area contributed by atoms with Gasteiger partial charge >= 0.3 is 0 Å². The van der Waals surface area contributed by atoms with Crippen LogP contribution in [0.3, 0.4) is 0 Å². The van der Waals surface area contributed by atoms with Gasteiger partial charge < -0.3 is 5.73 Å². The molecule has 2 N–H and O–H groups in total. The Morgan fingerprint density at radius 3 is 2.94 bits per heavy atom. The fraction of sp³-hybridized carbons (Fsp3) is 0.375. The second kappa shape index (κ2) is 5.13. The van der Waals surface area contributed by atoms with Crippen LogP contribution in [0.15, 0.2) is 17.3 Å². The molecule has 0 spiro atoms. The van der Waals surface area contributed by atoms with Crippen molar-refractivity contribution < 1.29 is 0 Å². The number of thiophene rings is 1. The summed E-state index contributed by atoms with van der Waals surface area (Å²) in [6.45, 7) is 0.522. The maximum Gasteiger partial charge on any atom is 0.209 e. The number of aryl methyl sites for hydroxylation is 1. The first-order chi connectivity index (χ1) is 7.70. The lowest BCUT2D eigenvalue weighted by Gasteiger charge is -2.10. The molecule has 0 aliphatic carbocycles. The zero-order chi connectivity index (χ0) is 11.5. The summed E-state index contributed by atoms with van der Waals surface area (Å²) in [5.74, 6) is 0. The molecule has 2 aromatic heterocycles. The molecular formula is C8H10ClN5S2. The maximum absolute atomic E-state index is 5.90. The van der Waals surface area contributed by atoms with Crippen LogP contribution >= 0.6 is 34.7 Å².